The van der Waals surface area contributed by atoms with E-state index in [1.54, 1.807) is 11.1 Å². The lowest BCUT2D eigenvalue weighted by Gasteiger charge is -2.41. The van der Waals surface area contributed by atoms with Crippen LogP contribution in [0, 0.1) is 0 Å². The van der Waals surface area contributed by atoms with E-state index in [1.807, 2.05) is 36.4 Å². The SMILES string of the molecule is CC1(C)CCC(C)(C)c2ccccc21.c1ccccc1. The zero-order valence-corrected chi connectivity index (χ0v) is 13.2. The van der Waals surface area contributed by atoms with Crippen molar-refractivity contribution in [2.24, 2.45) is 0 Å². The minimum Gasteiger partial charge on any atom is -0.0623 e. The summed E-state index contributed by atoms with van der Waals surface area (Å²) in [5.41, 5.74) is 3.84. The van der Waals surface area contributed by atoms with Gasteiger partial charge in [0.05, 0.1) is 0 Å². The fraction of sp³-hybridized carbons (Fsp3) is 0.400. The highest BCUT2D eigenvalue weighted by atomic mass is 14.4. The third-order valence-corrected chi connectivity index (χ3v) is 4.43. The van der Waals surface area contributed by atoms with Gasteiger partial charge < -0.3 is 0 Å². The molecular formula is C20H26. The molecule has 0 fully saturated rings. The van der Waals surface area contributed by atoms with E-state index in [0.717, 1.165) is 0 Å². The van der Waals surface area contributed by atoms with Gasteiger partial charge in [-0.2, -0.15) is 0 Å². The van der Waals surface area contributed by atoms with E-state index in [9.17, 15) is 0 Å². The predicted octanol–water partition coefficient (Wildman–Crippen LogP) is 5.72. The predicted molar refractivity (Wildman–Crippen MR) is 88.2 cm³/mol. The molecule has 0 radical (unpaired) electrons. The monoisotopic (exact) mass is 266 g/mol. The summed E-state index contributed by atoms with van der Waals surface area (Å²) in [6.45, 7) is 9.45. The van der Waals surface area contributed by atoms with Gasteiger partial charge in [0, 0.05) is 0 Å². The van der Waals surface area contributed by atoms with Crippen molar-refractivity contribution in [1.82, 2.24) is 0 Å². The van der Waals surface area contributed by atoms with E-state index in [4.69, 9.17) is 0 Å². The lowest BCUT2D eigenvalue weighted by molar-refractivity contribution is 0.332. The molecule has 0 N–H and O–H groups in total. The standard InChI is InChI=1S/C14H20.C6H6/c1-13(2)9-10-14(3,4)12-8-6-5-7-11(12)13;1-2-4-6-5-3-1/h5-8H,9-10H2,1-4H3;1-6H. The average molecular weight is 266 g/mol. The Morgan fingerprint density at radius 2 is 0.850 bits per heavy atom. The molecule has 1 aliphatic carbocycles. The highest BCUT2D eigenvalue weighted by molar-refractivity contribution is 5.40. The van der Waals surface area contributed by atoms with Crippen LogP contribution >= 0.6 is 0 Å². The van der Waals surface area contributed by atoms with Gasteiger partial charge in [0.2, 0.25) is 0 Å². The van der Waals surface area contributed by atoms with Gasteiger partial charge in [-0.3, -0.25) is 0 Å². The van der Waals surface area contributed by atoms with Crippen LogP contribution in [0.3, 0.4) is 0 Å². The minimum absolute atomic E-state index is 0.367. The third kappa shape index (κ3) is 3.30. The molecule has 2 aromatic rings. The Kier molecular flexibility index (Phi) is 4.32. The maximum atomic E-state index is 2.36. The summed E-state index contributed by atoms with van der Waals surface area (Å²) in [4.78, 5) is 0. The second-order valence-corrected chi connectivity index (χ2v) is 6.97. The van der Waals surface area contributed by atoms with Crippen molar-refractivity contribution in [1.29, 1.82) is 0 Å². The molecule has 0 amide bonds. The number of rotatable bonds is 0. The summed E-state index contributed by atoms with van der Waals surface area (Å²) < 4.78 is 0. The first-order valence-corrected chi connectivity index (χ1v) is 7.53. The zero-order valence-electron chi connectivity index (χ0n) is 13.2. The van der Waals surface area contributed by atoms with Gasteiger partial charge in [0.15, 0.2) is 0 Å². The van der Waals surface area contributed by atoms with Gasteiger partial charge >= 0.3 is 0 Å². The quantitative estimate of drug-likeness (QED) is 0.572. The van der Waals surface area contributed by atoms with Gasteiger partial charge in [-0.15, -0.1) is 0 Å². The maximum Gasteiger partial charge on any atom is -0.0100 e. The van der Waals surface area contributed by atoms with Crippen LogP contribution < -0.4 is 0 Å². The Morgan fingerprint density at radius 1 is 0.550 bits per heavy atom. The minimum atomic E-state index is 0.367. The number of benzene rings is 2. The maximum absolute atomic E-state index is 2.36. The van der Waals surface area contributed by atoms with Crippen molar-refractivity contribution < 1.29 is 0 Å². The highest BCUT2D eigenvalue weighted by Crippen LogP contribution is 2.45. The molecule has 0 heteroatoms. The van der Waals surface area contributed by atoms with Crippen LogP contribution in [0.5, 0.6) is 0 Å². The van der Waals surface area contributed by atoms with E-state index in [0.29, 0.717) is 10.8 Å². The normalized spacial score (nSPS) is 18.4. The van der Waals surface area contributed by atoms with Gasteiger partial charge in [0.1, 0.15) is 0 Å². The van der Waals surface area contributed by atoms with E-state index < -0.39 is 0 Å². The van der Waals surface area contributed by atoms with Crippen molar-refractivity contribution in [2.75, 3.05) is 0 Å². The van der Waals surface area contributed by atoms with E-state index in [2.05, 4.69) is 52.0 Å². The van der Waals surface area contributed by atoms with Crippen molar-refractivity contribution >= 4 is 0 Å². The van der Waals surface area contributed by atoms with Gasteiger partial charge in [-0.05, 0) is 34.8 Å². The Morgan fingerprint density at radius 3 is 1.15 bits per heavy atom. The van der Waals surface area contributed by atoms with Crippen LogP contribution in [0.1, 0.15) is 51.7 Å². The Hall–Kier alpha value is -1.56. The molecule has 0 spiro atoms. The fourth-order valence-corrected chi connectivity index (χ4v) is 2.94. The van der Waals surface area contributed by atoms with Crippen LogP contribution in [0.25, 0.3) is 0 Å². The number of hydrogen-bond donors (Lipinski definition) is 0. The third-order valence-electron chi connectivity index (χ3n) is 4.43. The smallest absolute Gasteiger partial charge is 0.0100 e. The second kappa shape index (κ2) is 5.83. The first-order chi connectivity index (χ1) is 9.43. The summed E-state index contributed by atoms with van der Waals surface area (Å²) in [5, 5.41) is 0. The van der Waals surface area contributed by atoms with Gasteiger partial charge in [-0.25, -0.2) is 0 Å². The molecule has 0 unspecified atom stereocenters. The number of hydrogen-bond acceptors (Lipinski definition) is 0. The molecule has 0 aromatic heterocycles. The molecule has 2 aromatic carbocycles. The van der Waals surface area contributed by atoms with Crippen LogP contribution in [-0.2, 0) is 10.8 Å². The van der Waals surface area contributed by atoms with E-state index in [-0.39, 0.29) is 0 Å². The molecule has 0 atom stereocenters. The highest BCUT2D eigenvalue weighted by Gasteiger charge is 2.36. The van der Waals surface area contributed by atoms with Crippen molar-refractivity contribution in [3.8, 4) is 0 Å². The lowest BCUT2D eigenvalue weighted by Crippen LogP contribution is -2.33. The molecule has 0 bridgehead atoms. The molecule has 0 saturated carbocycles. The molecule has 106 valence electrons. The molecule has 0 nitrogen and oxygen atoms in total. The van der Waals surface area contributed by atoms with Crippen LogP contribution in [0.2, 0.25) is 0 Å². The number of fused-ring (bicyclic) bond motifs is 1. The second-order valence-electron chi connectivity index (χ2n) is 6.97. The summed E-state index contributed by atoms with van der Waals surface area (Å²) in [6.07, 6.45) is 2.61. The topological polar surface area (TPSA) is 0 Å². The van der Waals surface area contributed by atoms with E-state index >= 15 is 0 Å². The summed E-state index contributed by atoms with van der Waals surface area (Å²) in [7, 11) is 0. The first kappa shape index (κ1) is 14.8. The van der Waals surface area contributed by atoms with Crippen LogP contribution in [-0.4, -0.2) is 0 Å². The van der Waals surface area contributed by atoms with Gasteiger partial charge in [-0.1, -0.05) is 88.4 Å². The fourth-order valence-electron chi connectivity index (χ4n) is 2.94. The summed E-state index contributed by atoms with van der Waals surface area (Å²) in [5.74, 6) is 0. The van der Waals surface area contributed by atoms with Crippen LogP contribution in [0.4, 0.5) is 0 Å². The summed E-state index contributed by atoms with van der Waals surface area (Å²) in [6, 6.07) is 20.9. The Balaban J connectivity index is 0.000000205. The van der Waals surface area contributed by atoms with Crippen molar-refractivity contribution in [3.05, 3.63) is 71.8 Å². The summed E-state index contributed by atoms with van der Waals surface area (Å²) >= 11 is 0. The van der Waals surface area contributed by atoms with Crippen molar-refractivity contribution in [3.63, 3.8) is 0 Å². The molecule has 0 heterocycles. The Labute approximate surface area is 123 Å². The average Bonchev–Trinajstić information content (AvgIpc) is 2.47. The molecule has 3 rings (SSSR count). The lowest BCUT2D eigenvalue weighted by atomic mass is 9.63. The van der Waals surface area contributed by atoms with E-state index in [1.165, 1.54) is 12.8 Å². The molecule has 0 aliphatic heterocycles. The van der Waals surface area contributed by atoms with Gasteiger partial charge in [0.25, 0.3) is 0 Å². The first-order valence-electron chi connectivity index (χ1n) is 7.53. The largest absolute Gasteiger partial charge is 0.0623 e. The molecule has 0 saturated heterocycles. The zero-order chi connectivity index (χ0) is 14.6. The van der Waals surface area contributed by atoms with Crippen molar-refractivity contribution in [2.45, 2.75) is 51.4 Å². The molecular weight excluding hydrogens is 240 g/mol. The van der Waals surface area contributed by atoms with Crippen LogP contribution in [0.15, 0.2) is 60.7 Å². The molecule has 1 aliphatic rings. The Bertz CT molecular complexity index is 473. The molecule has 20 heavy (non-hydrogen) atoms.